The van der Waals surface area contributed by atoms with Gasteiger partial charge in [-0.25, -0.2) is 0 Å². The molecule has 15 heavy (non-hydrogen) atoms. The summed E-state index contributed by atoms with van der Waals surface area (Å²) in [6, 6.07) is 6.01. The van der Waals surface area contributed by atoms with Crippen molar-refractivity contribution >= 4 is 0 Å². The highest BCUT2D eigenvalue weighted by molar-refractivity contribution is 5.03. The van der Waals surface area contributed by atoms with Gasteiger partial charge in [0.25, 0.3) is 0 Å². The summed E-state index contributed by atoms with van der Waals surface area (Å²) in [4.78, 5) is 4.28. The van der Waals surface area contributed by atoms with Crippen molar-refractivity contribution in [1.82, 2.24) is 10.3 Å². The number of nitrogens with one attached hydrogen (secondary N) is 1. The Bertz CT molecular complexity index is 269. The number of hydrogen-bond acceptors (Lipinski definition) is 3. The van der Waals surface area contributed by atoms with Crippen molar-refractivity contribution in [3.63, 3.8) is 0 Å². The minimum Gasteiger partial charge on any atom is -0.330 e. The molecule has 0 amide bonds. The van der Waals surface area contributed by atoms with Crippen molar-refractivity contribution in [1.29, 1.82) is 0 Å². The van der Waals surface area contributed by atoms with E-state index in [-0.39, 0.29) is 5.54 Å². The molecular weight excluding hydrogens is 186 g/mol. The van der Waals surface area contributed by atoms with Crippen molar-refractivity contribution in [2.75, 3.05) is 13.1 Å². The van der Waals surface area contributed by atoms with E-state index in [9.17, 15) is 0 Å². The summed E-state index contributed by atoms with van der Waals surface area (Å²) in [7, 11) is 0. The molecular formula is C12H21N3. The zero-order valence-electron chi connectivity index (χ0n) is 9.66. The first-order chi connectivity index (χ1) is 7.14. The van der Waals surface area contributed by atoms with Crippen LogP contribution in [0.5, 0.6) is 0 Å². The van der Waals surface area contributed by atoms with Gasteiger partial charge in [-0.3, -0.25) is 4.98 Å². The van der Waals surface area contributed by atoms with Crippen molar-refractivity contribution in [2.45, 2.75) is 32.2 Å². The third-order valence-electron chi connectivity index (χ3n) is 2.48. The number of nitrogens with two attached hydrogens (primary N) is 1. The number of rotatable bonds is 6. The Morgan fingerprint density at radius 1 is 1.40 bits per heavy atom. The first-order valence-electron chi connectivity index (χ1n) is 5.49. The van der Waals surface area contributed by atoms with Crippen LogP contribution in [0.3, 0.4) is 0 Å². The van der Waals surface area contributed by atoms with Crippen LogP contribution in [0.1, 0.15) is 26.0 Å². The second kappa shape index (κ2) is 5.83. The smallest absolute Gasteiger partial charge is 0.0416 e. The Kier molecular flexibility index (Phi) is 4.72. The molecule has 0 saturated carbocycles. The third kappa shape index (κ3) is 4.91. The third-order valence-corrected chi connectivity index (χ3v) is 2.48. The molecule has 3 nitrogen and oxygen atoms in total. The molecule has 0 fully saturated rings. The Labute approximate surface area is 92.1 Å². The van der Waals surface area contributed by atoms with Gasteiger partial charge in [-0.2, -0.15) is 0 Å². The Morgan fingerprint density at radius 2 is 2.20 bits per heavy atom. The van der Waals surface area contributed by atoms with Crippen molar-refractivity contribution in [3.8, 4) is 0 Å². The van der Waals surface area contributed by atoms with Crippen LogP contribution in [0, 0.1) is 0 Å². The zero-order chi connectivity index (χ0) is 11.1. The highest BCUT2D eigenvalue weighted by Gasteiger charge is 2.14. The average molecular weight is 207 g/mol. The minimum atomic E-state index is 0.129. The second-order valence-electron chi connectivity index (χ2n) is 4.42. The molecule has 1 heterocycles. The highest BCUT2D eigenvalue weighted by Crippen LogP contribution is 2.06. The van der Waals surface area contributed by atoms with Gasteiger partial charge in [0.15, 0.2) is 0 Å². The van der Waals surface area contributed by atoms with E-state index < -0.39 is 0 Å². The van der Waals surface area contributed by atoms with E-state index in [0.717, 1.165) is 31.6 Å². The van der Waals surface area contributed by atoms with Gasteiger partial charge in [-0.15, -0.1) is 0 Å². The lowest BCUT2D eigenvalue weighted by atomic mass is 10.0. The molecule has 0 radical (unpaired) electrons. The molecule has 1 aromatic rings. The monoisotopic (exact) mass is 207 g/mol. The van der Waals surface area contributed by atoms with Gasteiger partial charge in [0.1, 0.15) is 0 Å². The number of hydrogen-bond donors (Lipinski definition) is 2. The van der Waals surface area contributed by atoms with Crippen LogP contribution < -0.4 is 11.1 Å². The van der Waals surface area contributed by atoms with Crippen LogP contribution in [0.4, 0.5) is 0 Å². The van der Waals surface area contributed by atoms with Gasteiger partial charge >= 0.3 is 0 Å². The van der Waals surface area contributed by atoms with Gasteiger partial charge in [-0.1, -0.05) is 6.07 Å². The van der Waals surface area contributed by atoms with Crippen LogP contribution in [0.15, 0.2) is 24.4 Å². The summed E-state index contributed by atoms with van der Waals surface area (Å²) < 4.78 is 0. The molecule has 1 rings (SSSR count). The van der Waals surface area contributed by atoms with E-state index in [1.165, 1.54) is 0 Å². The van der Waals surface area contributed by atoms with Crippen LogP contribution in [-0.4, -0.2) is 23.6 Å². The maximum absolute atomic E-state index is 5.55. The topological polar surface area (TPSA) is 50.9 Å². The molecule has 3 heteroatoms. The molecule has 0 bridgehead atoms. The molecule has 0 aliphatic heterocycles. The molecule has 0 saturated heterocycles. The molecule has 84 valence electrons. The SMILES string of the molecule is CC(C)(CCN)NCCc1ccccn1. The van der Waals surface area contributed by atoms with Crippen molar-refractivity contribution in [3.05, 3.63) is 30.1 Å². The van der Waals surface area contributed by atoms with Crippen LogP contribution >= 0.6 is 0 Å². The van der Waals surface area contributed by atoms with E-state index in [0.29, 0.717) is 0 Å². The standard InChI is InChI=1S/C12H21N3/c1-12(2,7-8-13)15-10-6-11-5-3-4-9-14-11/h3-5,9,15H,6-8,10,13H2,1-2H3. The quantitative estimate of drug-likeness (QED) is 0.740. The highest BCUT2D eigenvalue weighted by atomic mass is 15.0. The minimum absolute atomic E-state index is 0.129. The lowest BCUT2D eigenvalue weighted by molar-refractivity contribution is 0.369. The van der Waals surface area contributed by atoms with E-state index in [4.69, 9.17) is 5.73 Å². The van der Waals surface area contributed by atoms with Gasteiger partial charge in [0.2, 0.25) is 0 Å². The largest absolute Gasteiger partial charge is 0.330 e. The Morgan fingerprint density at radius 3 is 2.80 bits per heavy atom. The Balaban J connectivity index is 2.27. The van der Waals surface area contributed by atoms with E-state index >= 15 is 0 Å². The van der Waals surface area contributed by atoms with Gasteiger partial charge in [-0.05, 0) is 38.9 Å². The molecule has 0 aliphatic rings. The molecule has 1 aromatic heterocycles. The van der Waals surface area contributed by atoms with E-state index in [2.05, 4.69) is 30.2 Å². The first kappa shape index (κ1) is 12.1. The second-order valence-corrected chi connectivity index (χ2v) is 4.42. The summed E-state index contributed by atoms with van der Waals surface area (Å²) in [6.45, 7) is 6.03. The zero-order valence-corrected chi connectivity index (χ0v) is 9.66. The Hall–Kier alpha value is -0.930. The number of nitrogens with zero attached hydrogens (tertiary/aromatic N) is 1. The van der Waals surface area contributed by atoms with Crippen LogP contribution in [-0.2, 0) is 6.42 Å². The maximum atomic E-state index is 5.55. The summed E-state index contributed by atoms with van der Waals surface area (Å²) in [6.07, 6.45) is 3.80. The summed E-state index contributed by atoms with van der Waals surface area (Å²) >= 11 is 0. The predicted octanol–water partition coefficient (Wildman–Crippen LogP) is 1.34. The summed E-state index contributed by atoms with van der Waals surface area (Å²) in [5, 5.41) is 3.49. The van der Waals surface area contributed by atoms with Crippen LogP contribution in [0.25, 0.3) is 0 Å². The van der Waals surface area contributed by atoms with Crippen LogP contribution in [0.2, 0.25) is 0 Å². The average Bonchev–Trinajstić information content (AvgIpc) is 2.19. The lowest BCUT2D eigenvalue weighted by Crippen LogP contribution is -2.42. The van der Waals surface area contributed by atoms with Crippen molar-refractivity contribution < 1.29 is 0 Å². The fraction of sp³-hybridized carbons (Fsp3) is 0.583. The normalized spacial score (nSPS) is 11.7. The predicted molar refractivity (Wildman–Crippen MR) is 63.7 cm³/mol. The van der Waals surface area contributed by atoms with E-state index in [1.807, 2.05) is 18.3 Å². The molecule has 0 spiro atoms. The lowest BCUT2D eigenvalue weighted by Gasteiger charge is -2.25. The summed E-state index contributed by atoms with van der Waals surface area (Å²) in [5.74, 6) is 0. The van der Waals surface area contributed by atoms with Gasteiger partial charge in [0, 0.05) is 30.4 Å². The fourth-order valence-electron chi connectivity index (χ4n) is 1.52. The molecule has 0 aliphatic carbocycles. The maximum Gasteiger partial charge on any atom is 0.0416 e. The van der Waals surface area contributed by atoms with Crippen molar-refractivity contribution in [2.24, 2.45) is 5.73 Å². The first-order valence-corrected chi connectivity index (χ1v) is 5.49. The molecule has 0 aromatic carbocycles. The van der Waals surface area contributed by atoms with Gasteiger partial charge < -0.3 is 11.1 Å². The molecule has 3 N–H and O–H groups in total. The van der Waals surface area contributed by atoms with Gasteiger partial charge in [0.05, 0.1) is 0 Å². The van der Waals surface area contributed by atoms with E-state index in [1.54, 1.807) is 0 Å². The summed E-state index contributed by atoms with van der Waals surface area (Å²) in [5.41, 5.74) is 6.81. The number of pyridine rings is 1. The molecule has 0 unspecified atom stereocenters. The fourth-order valence-corrected chi connectivity index (χ4v) is 1.52. The molecule has 0 atom stereocenters. The number of aromatic nitrogens is 1.